The largest absolute Gasteiger partial charge is 0.380 e. The second-order valence-electron chi connectivity index (χ2n) is 5.54. The van der Waals surface area contributed by atoms with Crippen molar-refractivity contribution >= 4 is 9.84 Å². The molecule has 1 aliphatic carbocycles. The summed E-state index contributed by atoms with van der Waals surface area (Å²) in [6, 6.07) is 7.23. The number of nitrogens with one attached hydrogen (secondary N) is 1. The van der Waals surface area contributed by atoms with Crippen molar-refractivity contribution in [2.75, 3.05) is 26.0 Å². The lowest BCUT2D eigenvalue weighted by Gasteiger charge is -2.14. The maximum atomic E-state index is 11.4. The Hall–Kier alpha value is -0.910. The molecule has 2 rings (SSSR count). The van der Waals surface area contributed by atoms with E-state index in [1.54, 1.807) is 12.1 Å². The molecule has 0 bridgehead atoms. The Morgan fingerprint density at radius 1 is 1.30 bits per heavy atom. The average molecular weight is 297 g/mol. The van der Waals surface area contributed by atoms with Gasteiger partial charge in [0.2, 0.25) is 0 Å². The fourth-order valence-electron chi connectivity index (χ4n) is 2.00. The highest BCUT2D eigenvalue weighted by Crippen LogP contribution is 2.28. The number of sulfone groups is 1. The second kappa shape index (κ2) is 6.70. The standard InChI is InChI=1S/C15H23NO3S/c1-12(16-9-10-19-11-13-3-4-13)14-5-7-15(8-6-14)20(2,17)18/h5-8,12-13,16H,3-4,9-11H2,1-2H3. The first-order valence-corrected chi connectivity index (χ1v) is 8.97. The molecule has 1 N–H and O–H groups in total. The van der Waals surface area contributed by atoms with Crippen LogP contribution in [0.15, 0.2) is 29.2 Å². The van der Waals surface area contributed by atoms with Crippen LogP contribution >= 0.6 is 0 Å². The zero-order valence-corrected chi connectivity index (χ0v) is 12.9. The van der Waals surface area contributed by atoms with Gasteiger partial charge >= 0.3 is 0 Å². The molecule has 20 heavy (non-hydrogen) atoms. The van der Waals surface area contributed by atoms with Gasteiger partial charge in [0.15, 0.2) is 9.84 Å². The van der Waals surface area contributed by atoms with Gasteiger partial charge in [-0.1, -0.05) is 12.1 Å². The van der Waals surface area contributed by atoms with E-state index in [-0.39, 0.29) is 6.04 Å². The maximum absolute atomic E-state index is 11.4. The van der Waals surface area contributed by atoms with E-state index >= 15 is 0 Å². The number of benzene rings is 1. The fraction of sp³-hybridized carbons (Fsp3) is 0.600. The van der Waals surface area contributed by atoms with Gasteiger partial charge in [-0.25, -0.2) is 8.42 Å². The molecule has 0 aliphatic heterocycles. The molecule has 112 valence electrons. The molecule has 1 aromatic rings. The summed E-state index contributed by atoms with van der Waals surface area (Å²) in [5.74, 6) is 0.802. The Morgan fingerprint density at radius 2 is 1.95 bits per heavy atom. The highest BCUT2D eigenvalue weighted by Gasteiger charge is 2.20. The van der Waals surface area contributed by atoms with E-state index in [4.69, 9.17) is 4.74 Å². The summed E-state index contributed by atoms with van der Waals surface area (Å²) in [6.45, 7) is 4.49. The molecule has 1 fully saturated rings. The Morgan fingerprint density at radius 3 is 2.50 bits per heavy atom. The Bertz CT molecular complexity index is 521. The van der Waals surface area contributed by atoms with Crippen molar-refractivity contribution in [2.24, 2.45) is 5.92 Å². The molecule has 4 nitrogen and oxygen atoms in total. The van der Waals surface area contributed by atoms with Gasteiger partial charge < -0.3 is 10.1 Å². The van der Waals surface area contributed by atoms with Gasteiger partial charge in [0.05, 0.1) is 11.5 Å². The number of rotatable bonds is 8. The highest BCUT2D eigenvalue weighted by atomic mass is 32.2. The van der Waals surface area contributed by atoms with Gasteiger partial charge in [-0.2, -0.15) is 0 Å². The van der Waals surface area contributed by atoms with E-state index in [1.165, 1.54) is 19.1 Å². The average Bonchev–Trinajstić information content (AvgIpc) is 3.21. The second-order valence-corrected chi connectivity index (χ2v) is 7.55. The first kappa shape index (κ1) is 15.5. The van der Waals surface area contributed by atoms with Crippen LogP contribution in [0.2, 0.25) is 0 Å². The topological polar surface area (TPSA) is 55.4 Å². The van der Waals surface area contributed by atoms with E-state index < -0.39 is 9.84 Å². The summed E-state index contributed by atoms with van der Waals surface area (Å²) in [5, 5.41) is 3.38. The fourth-order valence-corrected chi connectivity index (χ4v) is 2.63. The van der Waals surface area contributed by atoms with Crippen LogP contribution in [-0.4, -0.2) is 34.4 Å². The van der Waals surface area contributed by atoms with Crippen molar-refractivity contribution in [3.8, 4) is 0 Å². The quantitative estimate of drug-likeness (QED) is 0.747. The van der Waals surface area contributed by atoms with Crippen LogP contribution in [0, 0.1) is 5.92 Å². The third-order valence-corrected chi connectivity index (χ3v) is 4.68. The van der Waals surface area contributed by atoms with Crippen LogP contribution in [0.4, 0.5) is 0 Å². The molecule has 1 aromatic carbocycles. The van der Waals surface area contributed by atoms with E-state index in [0.717, 1.165) is 31.2 Å². The zero-order valence-electron chi connectivity index (χ0n) is 12.1. The van der Waals surface area contributed by atoms with Crippen LogP contribution in [0.5, 0.6) is 0 Å². The summed E-state index contributed by atoms with van der Waals surface area (Å²) >= 11 is 0. The van der Waals surface area contributed by atoms with Gasteiger partial charge in [0.25, 0.3) is 0 Å². The Balaban J connectivity index is 1.75. The Kier molecular flexibility index (Phi) is 5.18. The van der Waals surface area contributed by atoms with Crippen LogP contribution in [0.25, 0.3) is 0 Å². The number of hydrogen-bond acceptors (Lipinski definition) is 4. The van der Waals surface area contributed by atoms with Gasteiger partial charge in [0.1, 0.15) is 0 Å². The molecule has 0 spiro atoms. The van der Waals surface area contributed by atoms with Crippen LogP contribution in [0.1, 0.15) is 31.4 Å². The lowest BCUT2D eigenvalue weighted by atomic mass is 10.1. The van der Waals surface area contributed by atoms with Crippen LogP contribution in [-0.2, 0) is 14.6 Å². The Labute approximate surface area is 121 Å². The van der Waals surface area contributed by atoms with Crippen molar-refractivity contribution in [3.63, 3.8) is 0 Å². The smallest absolute Gasteiger partial charge is 0.175 e. The molecular formula is C15H23NO3S. The molecule has 0 amide bonds. The molecule has 1 aliphatic rings. The van der Waals surface area contributed by atoms with Crippen molar-refractivity contribution in [2.45, 2.75) is 30.7 Å². The molecule has 0 radical (unpaired) electrons. The summed E-state index contributed by atoms with van der Waals surface area (Å²) < 4.78 is 28.3. The summed E-state index contributed by atoms with van der Waals surface area (Å²) in [6.07, 6.45) is 3.86. The minimum absolute atomic E-state index is 0.188. The third-order valence-electron chi connectivity index (χ3n) is 3.56. The number of hydrogen-bond donors (Lipinski definition) is 1. The van der Waals surface area contributed by atoms with Crippen LogP contribution < -0.4 is 5.32 Å². The van der Waals surface area contributed by atoms with Crippen molar-refractivity contribution in [3.05, 3.63) is 29.8 Å². The predicted molar refractivity (Wildman–Crippen MR) is 79.5 cm³/mol. The van der Waals surface area contributed by atoms with Crippen molar-refractivity contribution < 1.29 is 13.2 Å². The molecule has 1 unspecified atom stereocenters. The normalized spacial score (nSPS) is 17.1. The lowest BCUT2D eigenvalue weighted by Crippen LogP contribution is -2.23. The van der Waals surface area contributed by atoms with Gasteiger partial charge in [-0.15, -0.1) is 0 Å². The highest BCUT2D eigenvalue weighted by molar-refractivity contribution is 7.90. The van der Waals surface area contributed by atoms with E-state index in [9.17, 15) is 8.42 Å². The maximum Gasteiger partial charge on any atom is 0.175 e. The van der Waals surface area contributed by atoms with Crippen molar-refractivity contribution in [1.82, 2.24) is 5.32 Å². The van der Waals surface area contributed by atoms with Gasteiger partial charge in [-0.05, 0) is 43.4 Å². The molecular weight excluding hydrogens is 274 g/mol. The molecule has 0 heterocycles. The molecule has 5 heteroatoms. The first-order chi connectivity index (χ1) is 9.47. The van der Waals surface area contributed by atoms with E-state index in [0.29, 0.717) is 4.90 Å². The van der Waals surface area contributed by atoms with Gasteiger partial charge in [0, 0.05) is 25.4 Å². The summed E-state index contributed by atoms with van der Waals surface area (Å²) in [5.41, 5.74) is 1.08. The number of ether oxygens (including phenoxy) is 1. The minimum atomic E-state index is -3.11. The van der Waals surface area contributed by atoms with Gasteiger partial charge in [-0.3, -0.25) is 0 Å². The summed E-state index contributed by atoms with van der Waals surface area (Å²) in [4.78, 5) is 0.362. The molecule has 0 aromatic heterocycles. The van der Waals surface area contributed by atoms with E-state index in [1.807, 2.05) is 12.1 Å². The van der Waals surface area contributed by atoms with E-state index in [2.05, 4.69) is 12.2 Å². The van der Waals surface area contributed by atoms with Crippen molar-refractivity contribution in [1.29, 1.82) is 0 Å². The SMILES string of the molecule is CC(NCCOCC1CC1)c1ccc(S(C)(=O)=O)cc1. The molecule has 1 atom stereocenters. The first-order valence-electron chi connectivity index (χ1n) is 7.08. The predicted octanol–water partition coefficient (Wildman–Crippen LogP) is 2.17. The van der Waals surface area contributed by atoms with Crippen LogP contribution in [0.3, 0.4) is 0 Å². The third kappa shape index (κ3) is 4.89. The lowest BCUT2D eigenvalue weighted by molar-refractivity contribution is 0.124. The summed E-state index contributed by atoms with van der Waals surface area (Å²) in [7, 11) is -3.11. The zero-order chi connectivity index (χ0) is 14.6. The monoisotopic (exact) mass is 297 g/mol. The molecule has 1 saturated carbocycles. The minimum Gasteiger partial charge on any atom is -0.380 e. The molecule has 0 saturated heterocycles.